The monoisotopic (exact) mass is 578 g/mol. The van der Waals surface area contributed by atoms with Gasteiger partial charge in [0.05, 0.1) is 0 Å². The van der Waals surface area contributed by atoms with Gasteiger partial charge in [0.2, 0.25) is 0 Å². The zero-order chi connectivity index (χ0) is 28.4. The summed E-state index contributed by atoms with van der Waals surface area (Å²) in [5.41, 5.74) is 6.08. The van der Waals surface area contributed by atoms with Crippen LogP contribution in [0.25, 0.3) is 0 Å². The van der Waals surface area contributed by atoms with Crippen molar-refractivity contribution in [2.45, 2.75) is 30.8 Å². The highest BCUT2D eigenvalue weighted by atomic mass is 35.5. The second-order valence-corrected chi connectivity index (χ2v) is 11.1. The molecule has 0 aliphatic carbocycles. The van der Waals surface area contributed by atoms with Crippen LogP contribution in [0.15, 0.2) is 120 Å². The molecule has 1 heterocycles. The highest BCUT2D eigenvalue weighted by Gasteiger charge is 2.14. The summed E-state index contributed by atoms with van der Waals surface area (Å²) in [6, 6.07) is 38.0. The maximum atomic E-state index is 12.6. The number of aryl methyl sites for hydroxylation is 1. The fraction of sp³-hybridized carbons (Fsp3) is 0.147. The van der Waals surface area contributed by atoms with E-state index in [1.165, 1.54) is 22.9 Å². The molecule has 41 heavy (non-hydrogen) atoms. The lowest BCUT2D eigenvalue weighted by molar-refractivity contribution is 0.102. The Morgan fingerprint density at radius 2 is 1.46 bits per heavy atom. The van der Waals surface area contributed by atoms with Crippen molar-refractivity contribution in [3.8, 4) is 0 Å². The molecule has 0 saturated heterocycles. The third-order valence-electron chi connectivity index (χ3n) is 6.61. The van der Waals surface area contributed by atoms with E-state index in [0.29, 0.717) is 21.6 Å². The van der Waals surface area contributed by atoms with Crippen LogP contribution in [0.4, 0.5) is 11.5 Å². The molecule has 5 nitrogen and oxygen atoms in total. The lowest BCUT2D eigenvalue weighted by atomic mass is 10.1. The number of benzene rings is 4. The number of nitrogens with one attached hydrogen (secondary N) is 1. The molecule has 5 aromatic rings. The minimum absolute atomic E-state index is 0.134. The van der Waals surface area contributed by atoms with Gasteiger partial charge in [0.25, 0.3) is 5.91 Å². The molecular formula is C34H31ClN4OS. The Bertz CT molecular complexity index is 1560. The quantitative estimate of drug-likeness (QED) is 0.0971. The van der Waals surface area contributed by atoms with Crippen LogP contribution < -0.4 is 10.2 Å². The number of aromatic nitrogens is 2. The number of hydrogen-bond donors (Lipinski definition) is 1. The predicted molar refractivity (Wildman–Crippen MR) is 170 cm³/mol. The number of amides is 1. The van der Waals surface area contributed by atoms with Crippen molar-refractivity contribution in [2.24, 2.45) is 0 Å². The lowest BCUT2D eigenvalue weighted by Crippen LogP contribution is -2.26. The van der Waals surface area contributed by atoms with Gasteiger partial charge < -0.3 is 10.2 Å². The Balaban J connectivity index is 1.25. The number of halogens is 1. The molecule has 0 fully saturated rings. The SMILES string of the molecule is Cc1ccc(NC(=O)c2ccc(CSc3nc(Cl)cc(N(CCc4ccccc4)Cc4ccccc4)n3)cc2)cc1. The van der Waals surface area contributed by atoms with Crippen LogP contribution in [0.3, 0.4) is 0 Å². The maximum absolute atomic E-state index is 12.6. The zero-order valence-corrected chi connectivity index (χ0v) is 24.4. The van der Waals surface area contributed by atoms with Gasteiger partial charge >= 0.3 is 0 Å². The maximum Gasteiger partial charge on any atom is 0.255 e. The van der Waals surface area contributed by atoms with Gasteiger partial charge in [-0.05, 0) is 54.3 Å². The summed E-state index contributed by atoms with van der Waals surface area (Å²) in [4.78, 5) is 24.3. The topological polar surface area (TPSA) is 58.1 Å². The van der Waals surface area contributed by atoms with Gasteiger partial charge in [-0.1, -0.05) is 114 Å². The van der Waals surface area contributed by atoms with Gasteiger partial charge in [-0.3, -0.25) is 4.79 Å². The molecule has 0 radical (unpaired) electrons. The Kier molecular flexibility index (Phi) is 9.68. The minimum atomic E-state index is -0.134. The summed E-state index contributed by atoms with van der Waals surface area (Å²) in [7, 11) is 0. The van der Waals surface area contributed by atoms with Gasteiger partial charge in [0.15, 0.2) is 5.16 Å². The third kappa shape index (κ3) is 8.43. The summed E-state index contributed by atoms with van der Waals surface area (Å²) in [6.07, 6.45) is 0.890. The first-order chi connectivity index (χ1) is 20.0. The molecule has 206 valence electrons. The van der Waals surface area contributed by atoms with E-state index >= 15 is 0 Å². The summed E-state index contributed by atoms with van der Waals surface area (Å²) in [5, 5.41) is 3.97. The molecule has 7 heteroatoms. The summed E-state index contributed by atoms with van der Waals surface area (Å²) in [6.45, 7) is 3.53. The number of carbonyl (C=O) groups is 1. The number of carbonyl (C=O) groups excluding carboxylic acids is 1. The van der Waals surface area contributed by atoms with Crippen molar-refractivity contribution < 1.29 is 4.79 Å². The summed E-state index contributed by atoms with van der Waals surface area (Å²) < 4.78 is 0. The first kappa shape index (κ1) is 28.4. The van der Waals surface area contributed by atoms with Crippen LogP contribution in [-0.2, 0) is 18.7 Å². The molecule has 0 aliphatic heterocycles. The molecule has 1 N–H and O–H groups in total. The zero-order valence-electron chi connectivity index (χ0n) is 22.8. The first-order valence-electron chi connectivity index (χ1n) is 13.5. The molecule has 0 bridgehead atoms. The first-order valence-corrected chi connectivity index (χ1v) is 14.9. The van der Waals surface area contributed by atoms with Crippen LogP contribution >= 0.6 is 23.4 Å². The van der Waals surface area contributed by atoms with Crippen LogP contribution in [0.1, 0.15) is 32.6 Å². The van der Waals surface area contributed by atoms with Crippen LogP contribution in [-0.4, -0.2) is 22.4 Å². The molecular weight excluding hydrogens is 548 g/mol. The number of rotatable bonds is 11. The second kappa shape index (κ2) is 14.0. The van der Waals surface area contributed by atoms with Crippen molar-refractivity contribution in [1.82, 2.24) is 9.97 Å². The average molecular weight is 579 g/mol. The molecule has 0 aliphatic rings. The van der Waals surface area contributed by atoms with E-state index in [1.807, 2.05) is 73.7 Å². The predicted octanol–water partition coefficient (Wildman–Crippen LogP) is 8.23. The van der Waals surface area contributed by atoms with Gasteiger partial charge in [-0.15, -0.1) is 0 Å². The lowest BCUT2D eigenvalue weighted by Gasteiger charge is -2.24. The van der Waals surface area contributed by atoms with Gasteiger partial charge in [0, 0.05) is 36.2 Å². The molecule has 1 aromatic heterocycles. The fourth-order valence-electron chi connectivity index (χ4n) is 4.34. The molecule has 0 spiro atoms. The Hall–Kier alpha value is -4.13. The number of thioether (sulfide) groups is 1. The highest BCUT2D eigenvalue weighted by molar-refractivity contribution is 7.98. The van der Waals surface area contributed by atoms with Crippen molar-refractivity contribution in [3.63, 3.8) is 0 Å². The van der Waals surface area contributed by atoms with E-state index in [2.05, 4.69) is 63.7 Å². The van der Waals surface area contributed by atoms with E-state index in [1.54, 1.807) is 0 Å². The average Bonchev–Trinajstić information content (AvgIpc) is 3.00. The normalized spacial score (nSPS) is 10.8. The summed E-state index contributed by atoms with van der Waals surface area (Å²) >= 11 is 8.02. The van der Waals surface area contributed by atoms with Crippen molar-refractivity contribution in [3.05, 3.63) is 148 Å². The van der Waals surface area contributed by atoms with E-state index in [-0.39, 0.29) is 5.91 Å². The molecule has 5 rings (SSSR count). The van der Waals surface area contributed by atoms with E-state index in [4.69, 9.17) is 16.6 Å². The van der Waals surface area contributed by atoms with Gasteiger partial charge in [-0.25, -0.2) is 9.97 Å². The van der Waals surface area contributed by atoms with Gasteiger partial charge in [0.1, 0.15) is 11.0 Å². The number of hydrogen-bond acceptors (Lipinski definition) is 5. The highest BCUT2D eigenvalue weighted by Crippen LogP contribution is 2.26. The van der Waals surface area contributed by atoms with E-state index < -0.39 is 0 Å². The number of anilines is 2. The molecule has 0 unspecified atom stereocenters. The largest absolute Gasteiger partial charge is 0.352 e. The minimum Gasteiger partial charge on any atom is -0.352 e. The van der Waals surface area contributed by atoms with Crippen LogP contribution in [0.5, 0.6) is 0 Å². The Morgan fingerprint density at radius 3 is 2.15 bits per heavy atom. The standard InChI is InChI=1S/C34H31ClN4OS/c1-25-12-18-30(19-13-25)36-33(40)29-16-14-28(15-17-29)24-41-34-37-31(35)22-32(38-34)39(23-27-10-6-3-7-11-27)21-20-26-8-4-2-5-9-26/h2-19,22H,20-21,23-24H2,1H3,(H,36,40). The molecule has 1 amide bonds. The van der Waals surface area contributed by atoms with Crippen molar-refractivity contribution in [1.29, 1.82) is 0 Å². The van der Waals surface area contributed by atoms with Gasteiger partial charge in [-0.2, -0.15) is 0 Å². The van der Waals surface area contributed by atoms with E-state index in [9.17, 15) is 4.79 Å². The van der Waals surface area contributed by atoms with E-state index in [0.717, 1.165) is 42.1 Å². The third-order valence-corrected chi connectivity index (χ3v) is 7.72. The molecule has 4 aromatic carbocycles. The summed E-state index contributed by atoms with van der Waals surface area (Å²) in [5.74, 6) is 1.32. The second-order valence-electron chi connectivity index (χ2n) is 9.78. The molecule has 0 saturated carbocycles. The smallest absolute Gasteiger partial charge is 0.255 e. The molecule has 0 atom stereocenters. The van der Waals surface area contributed by atoms with Crippen molar-refractivity contribution in [2.75, 3.05) is 16.8 Å². The van der Waals surface area contributed by atoms with Crippen molar-refractivity contribution >= 4 is 40.8 Å². The fourth-order valence-corrected chi connectivity index (χ4v) is 5.38. The number of nitrogens with zero attached hydrogens (tertiary/aromatic N) is 3. The van der Waals surface area contributed by atoms with Crippen LogP contribution in [0, 0.1) is 6.92 Å². The Labute approximate surface area is 250 Å². The Morgan fingerprint density at radius 1 is 0.805 bits per heavy atom. The van der Waals surface area contributed by atoms with Crippen LogP contribution in [0.2, 0.25) is 5.15 Å².